The van der Waals surface area contributed by atoms with Crippen LogP contribution >= 0.6 is 24.0 Å². The molecule has 1 saturated heterocycles. The van der Waals surface area contributed by atoms with Crippen LogP contribution in [0.3, 0.4) is 0 Å². The quantitative estimate of drug-likeness (QED) is 0.411. The van der Waals surface area contributed by atoms with Gasteiger partial charge in [-0.15, -0.1) is 24.0 Å². The van der Waals surface area contributed by atoms with Gasteiger partial charge in [-0.3, -0.25) is 14.6 Å². The van der Waals surface area contributed by atoms with Crippen LogP contribution in [0.25, 0.3) is 0 Å². The predicted octanol–water partition coefficient (Wildman–Crippen LogP) is 1.71. The van der Waals surface area contributed by atoms with E-state index in [0.29, 0.717) is 12.6 Å². The number of halogens is 1. The lowest BCUT2D eigenvalue weighted by molar-refractivity contribution is 0.240. The van der Waals surface area contributed by atoms with E-state index in [1.165, 1.54) is 5.56 Å². The number of nitrogens with one attached hydrogen (secondary N) is 1. The minimum atomic E-state index is 0. The van der Waals surface area contributed by atoms with Gasteiger partial charge in [0, 0.05) is 39.8 Å². The van der Waals surface area contributed by atoms with Crippen LogP contribution in [0.4, 0.5) is 0 Å². The third-order valence-electron chi connectivity index (χ3n) is 4.78. The van der Waals surface area contributed by atoms with E-state index < -0.39 is 0 Å². The van der Waals surface area contributed by atoms with E-state index in [4.69, 9.17) is 0 Å². The normalized spacial score (nSPS) is 17.5. The van der Waals surface area contributed by atoms with Gasteiger partial charge in [-0.25, -0.2) is 4.98 Å². The molecule has 2 aromatic rings. The Bertz CT molecular complexity index is 701. The second kappa shape index (κ2) is 9.86. The Hall–Kier alpha value is -1.68. The number of aliphatic imine (C=N–C) groups is 1. The number of hydrogen-bond acceptors (Lipinski definition) is 4. The zero-order valence-corrected chi connectivity index (χ0v) is 18.0. The number of likely N-dealkylation sites (tertiary alicyclic amines) is 1. The molecular formula is C18H28IN7. The van der Waals surface area contributed by atoms with Crippen LogP contribution < -0.4 is 5.32 Å². The molecule has 0 amide bonds. The number of likely N-dealkylation sites (N-methyl/N-ethyl adjacent to an activating group) is 1. The van der Waals surface area contributed by atoms with Crippen molar-refractivity contribution in [3.05, 3.63) is 48.0 Å². The summed E-state index contributed by atoms with van der Waals surface area (Å²) in [4.78, 5) is 13.4. The Morgan fingerprint density at radius 3 is 2.77 bits per heavy atom. The fourth-order valence-corrected chi connectivity index (χ4v) is 3.27. The summed E-state index contributed by atoms with van der Waals surface area (Å²) < 4.78 is 1.78. The summed E-state index contributed by atoms with van der Waals surface area (Å²) in [5.41, 5.74) is 1.35. The summed E-state index contributed by atoms with van der Waals surface area (Å²) in [7, 11) is 5.94. The highest BCUT2D eigenvalue weighted by molar-refractivity contribution is 14.0. The van der Waals surface area contributed by atoms with Gasteiger partial charge in [-0.2, -0.15) is 5.10 Å². The van der Waals surface area contributed by atoms with Crippen LogP contribution in [0.5, 0.6) is 0 Å². The van der Waals surface area contributed by atoms with Gasteiger partial charge in [0.15, 0.2) is 5.96 Å². The first-order valence-electron chi connectivity index (χ1n) is 8.70. The van der Waals surface area contributed by atoms with Crippen molar-refractivity contribution < 1.29 is 0 Å². The van der Waals surface area contributed by atoms with E-state index in [1.807, 2.05) is 14.1 Å². The third-order valence-corrected chi connectivity index (χ3v) is 4.78. The van der Waals surface area contributed by atoms with Crippen LogP contribution in [0.15, 0.2) is 41.7 Å². The molecule has 1 fully saturated rings. The number of rotatable bonds is 5. The lowest BCUT2D eigenvalue weighted by Crippen LogP contribution is -2.42. The summed E-state index contributed by atoms with van der Waals surface area (Å²) in [6.45, 7) is 3.61. The van der Waals surface area contributed by atoms with E-state index in [-0.39, 0.29) is 24.0 Å². The molecule has 0 radical (unpaired) electrons. The minimum absolute atomic E-state index is 0. The average molecular weight is 469 g/mol. The molecule has 142 valence electrons. The van der Waals surface area contributed by atoms with Crippen molar-refractivity contribution in [2.75, 3.05) is 27.2 Å². The van der Waals surface area contributed by atoms with Crippen molar-refractivity contribution in [3.8, 4) is 0 Å². The van der Waals surface area contributed by atoms with Crippen LogP contribution in [-0.4, -0.2) is 63.8 Å². The highest BCUT2D eigenvalue weighted by Crippen LogP contribution is 2.17. The number of guanidine groups is 1. The van der Waals surface area contributed by atoms with E-state index >= 15 is 0 Å². The topological polar surface area (TPSA) is 61.6 Å². The molecular weight excluding hydrogens is 441 g/mol. The number of hydrogen-bond donors (Lipinski definition) is 1. The highest BCUT2D eigenvalue weighted by atomic mass is 127. The predicted molar refractivity (Wildman–Crippen MR) is 115 cm³/mol. The summed E-state index contributed by atoms with van der Waals surface area (Å²) in [6.07, 6.45) is 2.72. The van der Waals surface area contributed by atoms with Gasteiger partial charge in [-0.1, -0.05) is 30.3 Å². The Labute approximate surface area is 172 Å². The zero-order valence-electron chi connectivity index (χ0n) is 15.7. The van der Waals surface area contributed by atoms with Gasteiger partial charge in [0.2, 0.25) is 0 Å². The molecule has 0 bridgehead atoms. The summed E-state index contributed by atoms with van der Waals surface area (Å²) in [5.74, 6) is 1.83. The maximum atomic E-state index is 4.43. The van der Waals surface area contributed by atoms with Crippen molar-refractivity contribution in [2.24, 2.45) is 12.0 Å². The molecule has 1 unspecified atom stereocenters. The molecule has 2 heterocycles. The smallest absolute Gasteiger partial charge is 0.194 e. The van der Waals surface area contributed by atoms with Crippen LogP contribution in [0.1, 0.15) is 17.8 Å². The molecule has 0 aliphatic carbocycles. The standard InChI is InChI=1S/C18H27N7.HI/c1-19-18(20-11-17-21-14-22-24(17)3)25-10-9-16(13-25)23(2)12-15-7-5-4-6-8-15;/h4-8,14,16H,9-13H2,1-3H3,(H,19,20);1H. The third kappa shape index (κ3) is 5.16. The van der Waals surface area contributed by atoms with E-state index in [1.54, 1.807) is 11.0 Å². The number of benzene rings is 1. The lowest BCUT2D eigenvalue weighted by atomic mass is 10.1. The van der Waals surface area contributed by atoms with E-state index in [9.17, 15) is 0 Å². The van der Waals surface area contributed by atoms with Gasteiger partial charge in [0.05, 0.1) is 6.54 Å². The molecule has 1 N–H and O–H groups in total. The molecule has 1 aliphatic heterocycles. The van der Waals surface area contributed by atoms with E-state index in [0.717, 1.165) is 37.8 Å². The van der Waals surface area contributed by atoms with Gasteiger partial charge < -0.3 is 10.2 Å². The fraction of sp³-hybridized carbons (Fsp3) is 0.500. The van der Waals surface area contributed by atoms with Crippen molar-refractivity contribution >= 4 is 29.9 Å². The molecule has 8 heteroatoms. The second-order valence-electron chi connectivity index (χ2n) is 6.49. The first kappa shape index (κ1) is 20.6. The van der Waals surface area contributed by atoms with Gasteiger partial charge in [-0.05, 0) is 19.0 Å². The number of aryl methyl sites for hydroxylation is 1. The molecule has 0 spiro atoms. The summed E-state index contributed by atoms with van der Waals surface area (Å²) in [5, 5.41) is 7.50. The SMILES string of the molecule is CN=C(NCc1ncnn1C)N1CCC(N(C)Cc2ccccc2)C1.I. The lowest BCUT2D eigenvalue weighted by Gasteiger charge is -2.26. The number of nitrogens with zero attached hydrogens (tertiary/aromatic N) is 6. The first-order valence-corrected chi connectivity index (χ1v) is 8.70. The monoisotopic (exact) mass is 469 g/mol. The van der Waals surface area contributed by atoms with Crippen LogP contribution in [0.2, 0.25) is 0 Å². The molecule has 0 saturated carbocycles. The second-order valence-corrected chi connectivity index (χ2v) is 6.49. The molecule has 26 heavy (non-hydrogen) atoms. The average Bonchev–Trinajstić information content (AvgIpc) is 3.26. The van der Waals surface area contributed by atoms with Crippen molar-refractivity contribution in [3.63, 3.8) is 0 Å². The highest BCUT2D eigenvalue weighted by Gasteiger charge is 2.27. The van der Waals surface area contributed by atoms with Crippen molar-refractivity contribution in [1.82, 2.24) is 29.9 Å². The van der Waals surface area contributed by atoms with Crippen molar-refractivity contribution in [2.45, 2.75) is 25.6 Å². The minimum Gasteiger partial charge on any atom is -0.349 e. The largest absolute Gasteiger partial charge is 0.349 e. The summed E-state index contributed by atoms with van der Waals surface area (Å²) in [6, 6.07) is 11.2. The van der Waals surface area contributed by atoms with Gasteiger partial charge in [0.1, 0.15) is 12.2 Å². The van der Waals surface area contributed by atoms with Gasteiger partial charge in [0.25, 0.3) is 0 Å². The maximum Gasteiger partial charge on any atom is 0.194 e. The summed E-state index contributed by atoms with van der Waals surface area (Å²) >= 11 is 0. The van der Waals surface area contributed by atoms with Gasteiger partial charge >= 0.3 is 0 Å². The molecule has 1 aliphatic rings. The Morgan fingerprint density at radius 2 is 2.12 bits per heavy atom. The first-order chi connectivity index (χ1) is 12.2. The Balaban J connectivity index is 0.00000243. The van der Waals surface area contributed by atoms with Crippen LogP contribution in [0, 0.1) is 0 Å². The molecule has 7 nitrogen and oxygen atoms in total. The van der Waals surface area contributed by atoms with E-state index in [2.05, 4.69) is 67.6 Å². The molecule has 3 rings (SSSR count). The fourth-order valence-electron chi connectivity index (χ4n) is 3.27. The molecule has 1 aromatic heterocycles. The van der Waals surface area contributed by atoms with Crippen molar-refractivity contribution in [1.29, 1.82) is 0 Å². The molecule has 1 atom stereocenters. The maximum absolute atomic E-state index is 4.43. The van der Waals surface area contributed by atoms with Crippen LogP contribution in [-0.2, 0) is 20.1 Å². The molecule has 1 aromatic carbocycles. The zero-order chi connectivity index (χ0) is 17.6. The number of aromatic nitrogens is 3. The Kier molecular flexibility index (Phi) is 7.83. The Morgan fingerprint density at radius 1 is 1.35 bits per heavy atom.